The van der Waals surface area contributed by atoms with Crippen LogP contribution in [-0.2, 0) is 0 Å². The molecule has 4 nitrogen and oxygen atoms in total. The first kappa shape index (κ1) is 23.7. The molecule has 1 radical (unpaired) electrons. The molecule has 2 aromatic carbocycles. The minimum Gasteiger partial charge on any atom is -0.493 e. The molecule has 0 saturated heterocycles. The molecule has 0 aliphatic carbocycles. The normalized spacial score (nSPS) is 10.7. The molecule has 7 heteroatoms. The predicted molar refractivity (Wildman–Crippen MR) is 117 cm³/mol. The van der Waals surface area contributed by atoms with E-state index in [0.717, 1.165) is 27.2 Å². The van der Waals surface area contributed by atoms with Gasteiger partial charge in [0.25, 0.3) is 0 Å². The molecule has 0 unspecified atom stereocenters. The molecule has 1 N–H and O–H groups in total. The Morgan fingerprint density at radius 1 is 1.17 bits per heavy atom. The SMILES string of the molecule is Cc1ccc(-c2cc(Br)ccc2OCC(C)C)n1-c1ccc(F)c(C(=O)O)c1.[Na]. The van der Waals surface area contributed by atoms with E-state index in [9.17, 15) is 14.3 Å². The van der Waals surface area contributed by atoms with E-state index < -0.39 is 11.8 Å². The van der Waals surface area contributed by atoms with Crippen LogP contribution in [0.15, 0.2) is 53.0 Å². The summed E-state index contributed by atoms with van der Waals surface area (Å²) in [4.78, 5) is 11.4. The summed E-state index contributed by atoms with van der Waals surface area (Å²) in [6.07, 6.45) is 0. The molecular formula is C22H21BrFNNaO3. The van der Waals surface area contributed by atoms with Crippen molar-refractivity contribution in [1.82, 2.24) is 4.57 Å². The minimum absolute atomic E-state index is 0. The Hall–Kier alpha value is -1.60. The molecule has 147 valence electrons. The Bertz CT molecular complexity index is 1030. The molecule has 0 amide bonds. The van der Waals surface area contributed by atoms with Crippen molar-refractivity contribution in [2.75, 3.05) is 6.61 Å². The Morgan fingerprint density at radius 3 is 2.55 bits per heavy atom. The smallest absolute Gasteiger partial charge is 0.338 e. The van der Waals surface area contributed by atoms with Gasteiger partial charge in [0.2, 0.25) is 0 Å². The molecule has 0 atom stereocenters. The van der Waals surface area contributed by atoms with Crippen LogP contribution in [0, 0.1) is 18.7 Å². The Morgan fingerprint density at radius 2 is 1.90 bits per heavy atom. The minimum atomic E-state index is -1.30. The number of carbonyl (C=O) groups is 1. The van der Waals surface area contributed by atoms with E-state index in [2.05, 4.69) is 29.8 Å². The largest absolute Gasteiger partial charge is 0.493 e. The summed E-state index contributed by atoms with van der Waals surface area (Å²) in [5.41, 5.74) is 2.81. The zero-order chi connectivity index (χ0) is 20.4. The van der Waals surface area contributed by atoms with Crippen LogP contribution < -0.4 is 4.74 Å². The van der Waals surface area contributed by atoms with E-state index in [1.165, 1.54) is 12.1 Å². The molecule has 0 fully saturated rings. The average Bonchev–Trinajstić information content (AvgIpc) is 3.02. The fourth-order valence-corrected chi connectivity index (χ4v) is 3.35. The number of hydrogen-bond donors (Lipinski definition) is 1. The van der Waals surface area contributed by atoms with Gasteiger partial charge in [-0.2, -0.15) is 0 Å². The second-order valence-electron chi connectivity index (χ2n) is 7.01. The van der Waals surface area contributed by atoms with Gasteiger partial charge < -0.3 is 14.4 Å². The van der Waals surface area contributed by atoms with Crippen molar-refractivity contribution in [3.8, 4) is 22.7 Å². The standard InChI is InChI=1S/C22H21BrFNO3.Na/c1-13(2)12-28-21-9-5-15(23)10-18(21)20-8-4-14(3)25(20)16-6-7-19(24)17(11-16)22(26)27;/h4-11,13H,12H2,1-3H3,(H,26,27);. The van der Waals surface area contributed by atoms with Crippen molar-refractivity contribution >= 4 is 51.5 Å². The predicted octanol–water partition coefficient (Wildman–Crippen LogP) is 5.71. The molecular weight excluding hydrogens is 448 g/mol. The maximum atomic E-state index is 13.9. The molecule has 29 heavy (non-hydrogen) atoms. The van der Waals surface area contributed by atoms with Crippen molar-refractivity contribution in [2.24, 2.45) is 5.92 Å². The monoisotopic (exact) mass is 468 g/mol. The number of aromatic carboxylic acids is 1. The van der Waals surface area contributed by atoms with E-state index in [1.807, 2.05) is 41.8 Å². The van der Waals surface area contributed by atoms with Gasteiger partial charge in [0.15, 0.2) is 0 Å². The number of aryl methyl sites for hydroxylation is 1. The third-order valence-corrected chi connectivity index (χ3v) is 4.80. The summed E-state index contributed by atoms with van der Waals surface area (Å²) < 4.78 is 22.7. The molecule has 0 spiro atoms. The van der Waals surface area contributed by atoms with Crippen LogP contribution in [0.25, 0.3) is 16.9 Å². The quantitative estimate of drug-likeness (QED) is 0.471. The number of carboxylic acids is 1. The van der Waals surface area contributed by atoms with Crippen molar-refractivity contribution in [2.45, 2.75) is 20.8 Å². The maximum Gasteiger partial charge on any atom is 0.338 e. The van der Waals surface area contributed by atoms with Gasteiger partial charge in [-0.1, -0.05) is 29.8 Å². The number of halogens is 2. The summed E-state index contributed by atoms with van der Waals surface area (Å²) in [5.74, 6) is -0.947. The van der Waals surface area contributed by atoms with Gasteiger partial charge >= 0.3 is 5.97 Å². The van der Waals surface area contributed by atoms with Crippen LogP contribution in [0.4, 0.5) is 4.39 Å². The summed E-state index contributed by atoms with van der Waals surface area (Å²) in [5, 5.41) is 9.27. The molecule has 3 rings (SSSR count). The fourth-order valence-electron chi connectivity index (χ4n) is 2.99. The second-order valence-corrected chi connectivity index (χ2v) is 7.93. The number of ether oxygens (including phenoxy) is 1. The summed E-state index contributed by atoms with van der Waals surface area (Å²) in [7, 11) is 0. The van der Waals surface area contributed by atoms with Crippen LogP contribution in [0.1, 0.15) is 29.9 Å². The molecule has 0 aliphatic rings. The van der Waals surface area contributed by atoms with E-state index in [-0.39, 0.29) is 35.1 Å². The molecule has 0 aliphatic heterocycles. The first-order valence-electron chi connectivity index (χ1n) is 8.92. The maximum absolute atomic E-state index is 13.9. The van der Waals surface area contributed by atoms with Crippen molar-refractivity contribution in [1.29, 1.82) is 0 Å². The molecule has 1 aromatic heterocycles. The van der Waals surface area contributed by atoms with Crippen molar-refractivity contribution < 1.29 is 19.0 Å². The molecule has 0 bridgehead atoms. The zero-order valence-electron chi connectivity index (χ0n) is 16.9. The summed E-state index contributed by atoms with van der Waals surface area (Å²) in [6.45, 7) is 6.66. The number of carboxylic acid groups (broad SMARTS) is 1. The molecule has 3 aromatic rings. The van der Waals surface area contributed by atoms with E-state index in [1.54, 1.807) is 6.07 Å². The van der Waals surface area contributed by atoms with E-state index in [0.29, 0.717) is 18.2 Å². The molecule has 1 heterocycles. The van der Waals surface area contributed by atoms with Crippen LogP contribution in [0.5, 0.6) is 5.75 Å². The Balaban J connectivity index is 0.00000300. The Kier molecular flexibility index (Phi) is 8.11. The van der Waals surface area contributed by atoms with Gasteiger partial charge in [0, 0.05) is 51.0 Å². The van der Waals surface area contributed by atoms with Crippen LogP contribution in [0.2, 0.25) is 0 Å². The van der Waals surface area contributed by atoms with Gasteiger partial charge in [-0.15, -0.1) is 0 Å². The third-order valence-electron chi connectivity index (χ3n) is 4.30. The second kappa shape index (κ2) is 9.94. The van der Waals surface area contributed by atoms with Gasteiger partial charge in [-0.25, -0.2) is 9.18 Å². The third kappa shape index (κ3) is 5.31. The van der Waals surface area contributed by atoms with Crippen LogP contribution in [0.3, 0.4) is 0 Å². The average molecular weight is 469 g/mol. The first-order chi connectivity index (χ1) is 13.3. The Labute approximate surface area is 200 Å². The van der Waals surface area contributed by atoms with Gasteiger partial charge in [0.1, 0.15) is 11.6 Å². The van der Waals surface area contributed by atoms with Crippen LogP contribution >= 0.6 is 15.9 Å². The number of aromatic nitrogens is 1. The van der Waals surface area contributed by atoms with E-state index >= 15 is 0 Å². The zero-order valence-corrected chi connectivity index (χ0v) is 20.5. The van der Waals surface area contributed by atoms with Crippen molar-refractivity contribution in [3.05, 3.63) is 70.1 Å². The molecule has 0 saturated carbocycles. The van der Waals surface area contributed by atoms with Crippen LogP contribution in [-0.4, -0.2) is 51.8 Å². The summed E-state index contributed by atoms with van der Waals surface area (Å²) >= 11 is 3.51. The number of rotatable bonds is 6. The fraction of sp³-hybridized carbons (Fsp3) is 0.227. The summed E-state index contributed by atoms with van der Waals surface area (Å²) in [6, 6.07) is 13.8. The van der Waals surface area contributed by atoms with Crippen molar-refractivity contribution in [3.63, 3.8) is 0 Å². The number of benzene rings is 2. The number of nitrogens with zero attached hydrogens (tertiary/aromatic N) is 1. The first-order valence-corrected chi connectivity index (χ1v) is 9.71. The topological polar surface area (TPSA) is 51.5 Å². The van der Waals surface area contributed by atoms with E-state index in [4.69, 9.17) is 4.74 Å². The number of hydrogen-bond acceptors (Lipinski definition) is 2. The van der Waals surface area contributed by atoms with Gasteiger partial charge in [-0.05, 0) is 61.4 Å². The van der Waals surface area contributed by atoms with Gasteiger partial charge in [0.05, 0.1) is 17.9 Å². The van der Waals surface area contributed by atoms with Gasteiger partial charge in [-0.3, -0.25) is 0 Å².